The van der Waals surface area contributed by atoms with Crippen molar-refractivity contribution in [3.8, 4) is 0 Å². The lowest BCUT2D eigenvalue weighted by atomic mass is 10.1. The van der Waals surface area contributed by atoms with E-state index in [0.29, 0.717) is 19.6 Å². The van der Waals surface area contributed by atoms with Gasteiger partial charge in [-0.15, -0.1) is 12.4 Å². The van der Waals surface area contributed by atoms with Crippen LogP contribution in [0.25, 0.3) is 0 Å². The normalized spacial score (nSPS) is 18.9. The highest BCUT2D eigenvalue weighted by Gasteiger charge is 2.26. The molecule has 1 aliphatic heterocycles. The van der Waals surface area contributed by atoms with E-state index in [1.807, 2.05) is 6.92 Å². The lowest BCUT2D eigenvalue weighted by Crippen LogP contribution is -2.51. The minimum absolute atomic E-state index is 0. The van der Waals surface area contributed by atoms with Crippen molar-refractivity contribution < 1.29 is 13.6 Å². The van der Waals surface area contributed by atoms with Gasteiger partial charge in [0.25, 0.3) is 5.91 Å². The molecule has 19 heavy (non-hydrogen) atoms. The molecule has 1 aromatic rings. The summed E-state index contributed by atoms with van der Waals surface area (Å²) in [6.07, 6.45) is 0. The number of carbonyl (C=O) groups excluding carboxylic acids is 1. The van der Waals surface area contributed by atoms with E-state index in [4.69, 9.17) is 0 Å². The number of hydrogen-bond acceptors (Lipinski definition) is 2. The predicted molar refractivity (Wildman–Crippen MR) is 74.7 cm³/mol. The van der Waals surface area contributed by atoms with Crippen LogP contribution in [0.2, 0.25) is 0 Å². The molecule has 1 amide bonds. The summed E-state index contributed by atoms with van der Waals surface area (Å²) in [4.78, 5) is 13.6. The molecule has 0 spiro atoms. The monoisotopic (exact) mass is 354 g/mol. The minimum Gasteiger partial charge on any atom is -0.336 e. The fourth-order valence-corrected chi connectivity index (χ4v) is 2.42. The van der Waals surface area contributed by atoms with Gasteiger partial charge in [-0.2, -0.15) is 0 Å². The maximum Gasteiger partial charge on any atom is 0.259 e. The van der Waals surface area contributed by atoms with E-state index in [2.05, 4.69) is 21.2 Å². The van der Waals surface area contributed by atoms with Gasteiger partial charge in [0.1, 0.15) is 17.2 Å². The fraction of sp³-hybridized carbons (Fsp3) is 0.417. The number of carbonyl (C=O) groups is 1. The summed E-state index contributed by atoms with van der Waals surface area (Å²) in [5, 5.41) is 3.17. The number of amides is 1. The summed E-state index contributed by atoms with van der Waals surface area (Å²) in [6, 6.07) is 2.33. The molecule has 1 atom stereocenters. The van der Waals surface area contributed by atoms with Crippen LogP contribution in [0, 0.1) is 11.6 Å². The number of nitrogens with one attached hydrogen (secondary N) is 1. The third-order valence-electron chi connectivity index (χ3n) is 2.88. The van der Waals surface area contributed by atoms with Gasteiger partial charge in [-0.1, -0.05) is 15.9 Å². The Morgan fingerprint density at radius 3 is 2.53 bits per heavy atom. The van der Waals surface area contributed by atoms with E-state index in [1.165, 1.54) is 4.90 Å². The Morgan fingerprint density at radius 2 is 2.00 bits per heavy atom. The van der Waals surface area contributed by atoms with E-state index in [1.54, 1.807) is 0 Å². The molecule has 0 radical (unpaired) electrons. The number of piperazine rings is 1. The zero-order valence-electron chi connectivity index (χ0n) is 10.3. The van der Waals surface area contributed by atoms with Crippen molar-refractivity contribution >= 4 is 34.2 Å². The summed E-state index contributed by atoms with van der Waals surface area (Å²) in [5.41, 5.74) is -0.479. The predicted octanol–water partition coefficient (Wildman–Crippen LogP) is 2.58. The second-order valence-electron chi connectivity index (χ2n) is 4.35. The maximum atomic E-state index is 13.7. The Labute approximate surface area is 124 Å². The molecule has 0 saturated carbocycles. The average Bonchev–Trinajstić information content (AvgIpc) is 2.27. The number of benzene rings is 1. The van der Waals surface area contributed by atoms with Gasteiger partial charge in [-0.05, 0) is 19.1 Å². The van der Waals surface area contributed by atoms with Gasteiger partial charge in [0.05, 0.1) is 0 Å². The molecule has 1 unspecified atom stereocenters. The van der Waals surface area contributed by atoms with Gasteiger partial charge < -0.3 is 10.2 Å². The lowest BCUT2D eigenvalue weighted by Gasteiger charge is -2.32. The summed E-state index contributed by atoms with van der Waals surface area (Å²) in [6.45, 7) is 3.46. The van der Waals surface area contributed by atoms with E-state index in [9.17, 15) is 13.6 Å². The van der Waals surface area contributed by atoms with Crippen LogP contribution < -0.4 is 5.32 Å². The summed E-state index contributed by atoms with van der Waals surface area (Å²) in [7, 11) is 0. The molecule has 0 aromatic heterocycles. The number of nitrogens with zero attached hydrogens (tertiary/aromatic N) is 1. The van der Waals surface area contributed by atoms with Crippen LogP contribution in [0.15, 0.2) is 16.6 Å². The maximum absolute atomic E-state index is 13.7. The smallest absolute Gasteiger partial charge is 0.259 e. The van der Waals surface area contributed by atoms with Crippen LogP contribution in [0.1, 0.15) is 17.3 Å². The summed E-state index contributed by atoms with van der Waals surface area (Å²) >= 11 is 2.99. The Hall–Kier alpha value is -0.720. The highest BCUT2D eigenvalue weighted by molar-refractivity contribution is 9.10. The Morgan fingerprint density at radius 1 is 1.42 bits per heavy atom. The van der Waals surface area contributed by atoms with Gasteiger partial charge in [0.15, 0.2) is 0 Å². The van der Waals surface area contributed by atoms with E-state index in [0.717, 1.165) is 12.1 Å². The largest absolute Gasteiger partial charge is 0.336 e. The lowest BCUT2D eigenvalue weighted by molar-refractivity contribution is 0.0699. The first kappa shape index (κ1) is 16.3. The summed E-state index contributed by atoms with van der Waals surface area (Å²) < 4.78 is 27.6. The topological polar surface area (TPSA) is 32.3 Å². The molecule has 1 N–H and O–H groups in total. The zero-order valence-corrected chi connectivity index (χ0v) is 12.7. The summed E-state index contributed by atoms with van der Waals surface area (Å²) in [5.74, 6) is -2.26. The molecule has 3 nitrogen and oxygen atoms in total. The van der Waals surface area contributed by atoms with E-state index in [-0.39, 0.29) is 22.9 Å². The van der Waals surface area contributed by atoms with Crippen molar-refractivity contribution in [1.82, 2.24) is 10.2 Å². The first-order valence-electron chi connectivity index (χ1n) is 5.66. The van der Waals surface area contributed by atoms with Crippen LogP contribution in [-0.2, 0) is 0 Å². The molecule has 1 fully saturated rings. The SMILES string of the molecule is CC1CN(C(=O)c2c(F)cc(Br)cc2F)CCN1.Cl. The van der Waals surface area contributed by atoms with Crippen molar-refractivity contribution in [1.29, 1.82) is 0 Å². The molecular formula is C12H14BrClF2N2O. The van der Waals surface area contributed by atoms with Gasteiger partial charge in [0, 0.05) is 30.1 Å². The van der Waals surface area contributed by atoms with Crippen LogP contribution in [-0.4, -0.2) is 36.5 Å². The van der Waals surface area contributed by atoms with E-state index < -0.39 is 23.1 Å². The molecule has 0 aliphatic carbocycles. The fourth-order valence-electron chi connectivity index (χ4n) is 2.02. The van der Waals surface area contributed by atoms with Crippen LogP contribution >= 0.6 is 28.3 Å². The Balaban J connectivity index is 0.00000180. The standard InChI is InChI=1S/C12H13BrF2N2O.ClH/c1-7-6-17(3-2-16-7)12(18)11-9(14)4-8(13)5-10(11)15;/h4-5,7,16H,2-3,6H2,1H3;1H. The molecule has 1 aliphatic rings. The first-order valence-corrected chi connectivity index (χ1v) is 6.45. The molecular weight excluding hydrogens is 341 g/mol. The van der Waals surface area contributed by atoms with E-state index >= 15 is 0 Å². The van der Waals surface area contributed by atoms with Gasteiger partial charge in [-0.3, -0.25) is 4.79 Å². The Bertz CT molecular complexity index is 464. The quantitative estimate of drug-likeness (QED) is 0.840. The van der Waals surface area contributed by atoms with Crippen LogP contribution in [0.5, 0.6) is 0 Å². The molecule has 1 aromatic carbocycles. The zero-order chi connectivity index (χ0) is 13.3. The number of halogens is 4. The Kier molecular flexibility index (Phi) is 5.70. The number of rotatable bonds is 1. The first-order chi connectivity index (χ1) is 8.49. The van der Waals surface area contributed by atoms with Crippen LogP contribution in [0.4, 0.5) is 8.78 Å². The van der Waals surface area contributed by atoms with Crippen LogP contribution in [0.3, 0.4) is 0 Å². The third kappa shape index (κ3) is 3.64. The van der Waals surface area contributed by atoms with Gasteiger partial charge in [-0.25, -0.2) is 8.78 Å². The van der Waals surface area contributed by atoms with Gasteiger partial charge >= 0.3 is 0 Å². The highest BCUT2D eigenvalue weighted by Crippen LogP contribution is 2.21. The second-order valence-corrected chi connectivity index (χ2v) is 5.27. The molecule has 7 heteroatoms. The van der Waals surface area contributed by atoms with Crippen molar-refractivity contribution in [3.05, 3.63) is 33.8 Å². The molecule has 2 rings (SSSR count). The minimum atomic E-state index is -0.835. The van der Waals surface area contributed by atoms with Crippen molar-refractivity contribution in [3.63, 3.8) is 0 Å². The second kappa shape index (κ2) is 6.63. The van der Waals surface area contributed by atoms with Crippen molar-refractivity contribution in [2.45, 2.75) is 13.0 Å². The number of hydrogen-bond donors (Lipinski definition) is 1. The third-order valence-corrected chi connectivity index (χ3v) is 3.33. The molecule has 0 bridgehead atoms. The highest BCUT2D eigenvalue weighted by atomic mass is 79.9. The van der Waals surface area contributed by atoms with Crippen molar-refractivity contribution in [2.24, 2.45) is 0 Å². The van der Waals surface area contributed by atoms with Gasteiger partial charge in [0.2, 0.25) is 0 Å². The molecule has 1 saturated heterocycles. The van der Waals surface area contributed by atoms with Crippen molar-refractivity contribution in [2.75, 3.05) is 19.6 Å². The molecule has 106 valence electrons. The molecule has 1 heterocycles. The average molecular weight is 356 g/mol.